The summed E-state index contributed by atoms with van der Waals surface area (Å²) in [7, 11) is 0. The Hall–Kier alpha value is -3.69. The maximum absolute atomic E-state index is 15.0. The number of allylic oxidation sites excluding steroid dienone is 1. The molecule has 2 amide bonds. The molecule has 2 aromatic rings. The molecule has 0 saturated heterocycles. The van der Waals surface area contributed by atoms with E-state index in [0.717, 1.165) is 4.90 Å². The number of carbonyl (C=O) groups is 3. The summed E-state index contributed by atoms with van der Waals surface area (Å²) in [5, 5.41) is 1.93. The number of amides is 2. The van der Waals surface area contributed by atoms with Crippen LogP contribution in [0.25, 0.3) is 0 Å². The summed E-state index contributed by atoms with van der Waals surface area (Å²) in [5.41, 5.74) is -4.51. The molecule has 0 spiro atoms. The van der Waals surface area contributed by atoms with E-state index in [1.165, 1.54) is 48.5 Å². The highest BCUT2D eigenvalue weighted by atomic mass is 19.4. The Balaban J connectivity index is 1.74. The molecule has 0 saturated carbocycles. The van der Waals surface area contributed by atoms with E-state index in [1.54, 1.807) is 27.7 Å². The van der Waals surface area contributed by atoms with Crippen LogP contribution < -0.4 is 10.1 Å². The van der Waals surface area contributed by atoms with Crippen LogP contribution in [0, 0.1) is 11.2 Å². The molecule has 0 unspecified atom stereocenters. The van der Waals surface area contributed by atoms with Crippen LogP contribution >= 0.6 is 0 Å². The molecular weight excluding hydrogens is 516 g/mol. The molecule has 208 valence electrons. The van der Waals surface area contributed by atoms with Crippen molar-refractivity contribution in [2.24, 2.45) is 5.41 Å². The van der Waals surface area contributed by atoms with Crippen molar-refractivity contribution in [3.63, 3.8) is 0 Å². The lowest BCUT2D eigenvalue weighted by molar-refractivity contribution is -0.190. The second-order valence-electron chi connectivity index (χ2n) is 11.0. The molecule has 10 heteroatoms. The van der Waals surface area contributed by atoms with Crippen molar-refractivity contribution < 1.29 is 36.7 Å². The Morgan fingerprint density at radius 2 is 1.64 bits per heavy atom. The summed E-state index contributed by atoms with van der Waals surface area (Å²) in [5.74, 6) is -3.46. The standard InChI is InChI=1S/C29H30F4N2O4/c1-17(2)39-21-11-7-19(8-12-21)25(37)34-28(29(31,32)33)24-22(15-27(3,4)16-23(24)36)35(26(28)38)14-13-18-5-9-20(30)10-6-18/h5-12,17H,13-16H2,1-4H3,(H,34,37)/t28-/m1/s1. The van der Waals surface area contributed by atoms with E-state index in [-0.39, 0.29) is 43.2 Å². The SMILES string of the molecule is CC(C)Oc1ccc(C(=O)N[C@@]2(C(F)(F)F)C(=O)N(CCc3ccc(F)cc3)C3=C2C(=O)CC(C)(C)C3)cc1. The molecule has 6 nitrogen and oxygen atoms in total. The Morgan fingerprint density at radius 3 is 2.21 bits per heavy atom. The molecular formula is C29H30F4N2O4. The fourth-order valence-electron chi connectivity index (χ4n) is 5.15. The van der Waals surface area contributed by atoms with E-state index in [9.17, 15) is 31.9 Å². The van der Waals surface area contributed by atoms with Crippen LogP contribution in [0.4, 0.5) is 17.6 Å². The fraction of sp³-hybridized carbons (Fsp3) is 0.414. The second kappa shape index (κ2) is 10.1. The Bertz CT molecular complexity index is 1310. The molecule has 0 fully saturated rings. The summed E-state index contributed by atoms with van der Waals surface area (Å²) in [6, 6.07) is 10.9. The number of ether oxygens (including phenoxy) is 1. The van der Waals surface area contributed by atoms with Crippen LogP contribution in [0.1, 0.15) is 56.5 Å². The number of nitrogens with one attached hydrogen (secondary N) is 1. The van der Waals surface area contributed by atoms with Crippen LogP contribution in [0.5, 0.6) is 5.75 Å². The molecule has 1 atom stereocenters. The molecule has 0 radical (unpaired) electrons. The molecule has 0 aromatic heterocycles. The number of hydrogen-bond acceptors (Lipinski definition) is 4. The minimum atomic E-state index is -5.30. The van der Waals surface area contributed by atoms with Crippen molar-refractivity contribution in [1.82, 2.24) is 10.2 Å². The lowest BCUT2D eigenvalue weighted by Crippen LogP contribution is -2.66. The average molecular weight is 547 g/mol. The zero-order valence-corrected chi connectivity index (χ0v) is 22.1. The number of rotatable bonds is 7. The van der Waals surface area contributed by atoms with Crippen molar-refractivity contribution in [1.29, 1.82) is 0 Å². The minimum Gasteiger partial charge on any atom is -0.491 e. The smallest absolute Gasteiger partial charge is 0.425 e. The first-order valence-electron chi connectivity index (χ1n) is 12.6. The van der Waals surface area contributed by atoms with Gasteiger partial charge in [0.2, 0.25) is 5.54 Å². The van der Waals surface area contributed by atoms with Crippen molar-refractivity contribution >= 4 is 17.6 Å². The monoisotopic (exact) mass is 546 g/mol. The van der Waals surface area contributed by atoms with Gasteiger partial charge >= 0.3 is 6.18 Å². The van der Waals surface area contributed by atoms with Crippen LogP contribution in [0.2, 0.25) is 0 Å². The van der Waals surface area contributed by atoms with Gasteiger partial charge in [0.15, 0.2) is 5.78 Å². The molecule has 39 heavy (non-hydrogen) atoms. The number of ketones is 1. The Morgan fingerprint density at radius 1 is 1.03 bits per heavy atom. The summed E-state index contributed by atoms with van der Waals surface area (Å²) in [6.07, 6.45) is -5.50. The minimum absolute atomic E-state index is 0.0399. The molecule has 1 aliphatic heterocycles. The topological polar surface area (TPSA) is 75.7 Å². The first-order chi connectivity index (χ1) is 18.1. The third-order valence-electron chi connectivity index (χ3n) is 6.87. The number of halogens is 4. The third kappa shape index (κ3) is 5.42. The molecule has 2 aliphatic rings. The number of carbonyl (C=O) groups excluding carboxylic acids is 3. The maximum Gasteiger partial charge on any atom is 0.425 e. The van der Waals surface area contributed by atoms with Gasteiger partial charge in [0.25, 0.3) is 11.8 Å². The van der Waals surface area contributed by atoms with Crippen LogP contribution in [-0.2, 0) is 16.0 Å². The largest absolute Gasteiger partial charge is 0.491 e. The summed E-state index contributed by atoms with van der Waals surface area (Å²) in [6.45, 7) is 6.90. The maximum atomic E-state index is 15.0. The normalized spacial score (nSPS) is 20.9. The van der Waals surface area contributed by atoms with Crippen molar-refractivity contribution in [3.05, 3.63) is 76.7 Å². The first kappa shape index (κ1) is 28.3. The van der Waals surface area contributed by atoms with Gasteiger partial charge in [-0.25, -0.2) is 4.39 Å². The summed E-state index contributed by atoms with van der Waals surface area (Å²) < 4.78 is 63.7. The van der Waals surface area contributed by atoms with E-state index < -0.39 is 46.1 Å². The van der Waals surface area contributed by atoms with Gasteiger partial charge in [0.1, 0.15) is 11.6 Å². The zero-order valence-electron chi connectivity index (χ0n) is 22.1. The molecule has 2 aromatic carbocycles. The molecule has 0 bridgehead atoms. The average Bonchev–Trinajstić information content (AvgIpc) is 3.06. The lowest BCUT2D eigenvalue weighted by Gasteiger charge is -2.35. The van der Waals surface area contributed by atoms with Gasteiger partial charge in [-0.15, -0.1) is 0 Å². The quantitative estimate of drug-likeness (QED) is 0.474. The zero-order chi connectivity index (χ0) is 28.8. The van der Waals surface area contributed by atoms with Gasteiger partial charge in [0.05, 0.1) is 11.7 Å². The highest BCUT2D eigenvalue weighted by Gasteiger charge is 2.71. The number of alkyl halides is 3. The molecule has 4 rings (SSSR count). The summed E-state index contributed by atoms with van der Waals surface area (Å²) in [4.78, 5) is 41.1. The second-order valence-corrected chi connectivity index (χ2v) is 11.0. The van der Waals surface area contributed by atoms with E-state index >= 15 is 0 Å². The van der Waals surface area contributed by atoms with Crippen LogP contribution in [0.15, 0.2) is 59.8 Å². The van der Waals surface area contributed by atoms with Gasteiger partial charge in [-0.1, -0.05) is 26.0 Å². The van der Waals surface area contributed by atoms with E-state index in [1.807, 2.05) is 5.32 Å². The highest BCUT2D eigenvalue weighted by molar-refractivity contribution is 6.14. The van der Waals surface area contributed by atoms with Gasteiger partial charge in [-0.05, 0) is 74.1 Å². The number of Topliss-reactive ketones (excluding diaryl/α,β-unsaturated/α-hetero) is 1. The van der Waals surface area contributed by atoms with Gasteiger partial charge in [0, 0.05) is 24.2 Å². The van der Waals surface area contributed by atoms with Crippen LogP contribution in [0.3, 0.4) is 0 Å². The van der Waals surface area contributed by atoms with Crippen molar-refractivity contribution in [2.75, 3.05) is 6.54 Å². The molecule has 1 heterocycles. The van der Waals surface area contributed by atoms with Crippen molar-refractivity contribution in [3.8, 4) is 5.75 Å². The van der Waals surface area contributed by atoms with E-state index in [4.69, 9.17) is 4.74 Å². The first-order valence-corrected chi connectivity index (χ1v) is 12.6. The van der Waals surface area contributed by atoms with Gasteiger partial charge in [-0.2, -0.15) is 13.2 Å². The Kier molecular flexibility index (Phi) is 7.35. The summed E-state index contributed by atoms with van der Waals surface area (Å²) >= 11 is 0. The van der Waals surface area contributed by atoms with E-state index in [2.05, 4.69) is 0 Å². The van der Waals surface area contributed by atoms with E-state index in [0.29, 0.717) is 11.3 Å². The number of nitrogens with zero attached hydrogens (tertiary/aromatic N) is 1. The van der Waals surface area contributed by atoms with Crippen LogP contribution in [-0.4, -0.2) is 46.9 Å². The highest BCUT2D eigenvalue weighted by Crippen LogP contribution is 2.51. The van der Waals surface area contributed by atoms with Gasteiger partial charge in [-0.3, -0.25) is 14.4 Å². The van der Waals surface area contributed by atoms with Crippen molar-refractivity contribution in [2.45, 2.75) is 64.8 Å². The predicted molar refractivity (Wildman–Crippen MR) is 135 cm³/mol. The Labute approximate surface area is 224 Å². The fourth-order valence-corrected chi connectivity index (χ4v) is 5.15. The predicted octanol–water partition coefficient (Wildman–Crippen LogP) is 5.37. The third-order valence-corrected chi connectivity index (χ3v) is 6.87. The number of benzene rings is 2. The molecule has 1 N–H and O–H groups in total. The molecule has 1 aliphatic carbocycles. The number of hydrogen-bond donors (Lipinski definition) is 1. The van der Waals surface area contributed by atoms with Gasteiger partial charge < -0.3 is 15.0 Å². The lowest BCUT2D eigenvalue weighted by atomic mass is 9.72.